The molecule has 0 amide bonds. The molecule has 29 heavy (non-hydrogen) atoms. The van der Waals surface area contributed by atoms with Crippen LogP contribution in [0.2, 0.25) is 0 Å². The second kappa shape index (κ2) is 6.90. The van der Waals surface area contributed by atoms with E-state index in [-0.39, 0.29) is 17.8 Å². The van der Waals surface area contributed by atoms with Gasteiger partial charge in [0.05, 0.1) is 29.1 Å². The van der Waals surface area contributed by atoms with E-state index in [0.29, 0.717) is 12.0 Å². The lowest BCUT2D eigenvalue weighted by Gasteiger charge is -2.14. The van der Waals surface area contributed by atoms with Crippen LogP contribution < -0.4 is 5.56 Å². The van der Waals surface area contributed by atoms with Crippen LogP contribution in [0.4, 0.5) is 0 Å². The molecule has 0 fully saturated rings. The summed E-state index contributed by atoms with van der Waals surface area (Å²) in [5.41, 5.74) is 5.26. The number of aliphatic hydroxyl groups is 1. The van der Waals surface area contributed by atoms with Crippen LogP contribution in [0.1, 0.15) is 26.3 Å². The van der Waals surface area contributed by atoms with Crippen molar-refractivity contribution in [1.29, 1.82) is 0 Å². The number of pyridine rings is 1. The van der Waals surface area contributed by atoms with Crippen LogP contribution >= 0.6 is 0 Å². The predicted molar refractivity (Wildman–Crippen MR) is 113 cm³/mol. The van der Waals surface area contributed by atoms with Gasteiger partial charge in [0.2, 0.25) is 0 Å². The van der Waals surface area contributed by atoms with Gasteiger partial charge in [0.1, 0.15) is 5.60 Å². The Morgan fingerprint density at radius 2 is 1.90 bits per heavy atom. The number of H-pyrrole nitrogens is 1. The lowest BCUT2D eigenvalue weighted by molar-refractivity contribution is -0.138. The quantitative estimate of drug-likeness (QED) is 0.458. The fraction of sp³-hybridized carbons (Fsp3) is 0.217. The first-order chi connectivity index (χ1) is 13.8. The highest BCUT2D eigenvalue weighted by atomic mass is 16.5. The lowest BCUT2D eigenvalue weighted by Crippen LogP contribution is -2.17. The number of nitrogens with one attached hydrogen (secondary N) is 1. The number of carbonyl (C=O) groups is 1. The van der Waals surface area contributed by atoms with Crippen molar-refractivity contribution in [2.24, 2.45) is 0 Å². The van der Waals surface area contributed by atoms with Crippen molar-refractivity contribution in [1.82, 2.24) is 9.55 Å². The van der Waals surface area contributed by atoms with Gasteiger partial charge in [-0.2, -0.15) is 0 Å². The standard InChI is InChI=1S/C18H12N2O2.C5H10O2/c21-9-10-5-6-15-12(7-10)16-17(20(15)16)13-8-11-3-1-2-4-14(11)19-18(13)22;1-5(2,3)7-4-6/h1-8,21H,9H2,(H,19,22);4H,1-3H3. The number of hydrogen-bond donors (Lipinski definition) is 2. The fourth-order valence-corrected chi connectivity index (χ4v) is 3.38. The number of aromatic amines is 1. The number of carbonyl (C=O) groups excluding carboxylic acids is 1. The van der Waals surface area contributed by atoms with Crippen LogP contribution in [-0.4, -0.2) is 26.7 Å². The zero-order valence-corrected chi connectivity index (χ0v) is 16.5. The van der Waals surface area contributed by atoms with E-state index in [9.17, 15) is 14.7 Å². The number of fused-ring (bicyclic) bond motifs is 5. The molecule has 0 bridgehead atoms. The molecule has 0 atom stereocenters. The monoisotopic (exact) mass is 390 g/mol. The molecule has 6 nitrogen and oxygen atoms in total. The molecule has 2 aliphatic rings. The molecule has 0 aliphatic carbocycles. The number of nitrogens with zero attached hydrogens (tertiary/aromatic N) is 1. The normalized spacial score (nSPS) is 11.9. The van der Waals surface area contributed by atoms with E-state index < -0.39 is 0 Å². The van der Waals surface area contributed by atoms with Crippen molar-refractivity contribution in [3.8, 4) is 16.9 Å². The summed E-state index contributed by atoms with van der Waals surface area (Å²) in [6.45, 7) is 5.96. The van der Waals surface area contributed by atoms with E-state index in [2.05, 4.69) is 14.3 Å². The van der Waals surface area contributed by atoms with Gasteiger partial charge in [0.15, 0.2) is 0 Å². The van der Waals surface area contributed by atoms with Crippen molar-refractivity contribution in [2.45, 2.75) is 33.0 Å². The molecule has 148 valence electrons. The maximum Gasteiger partial charge on any atom is 0.293 e. The Balaban J connectivity index is 0.000000255. The number of ether oxygens (including phenoxy) is 1. The molecule has 0 saturated carbocycles. The van der Waals surface area contributed by atoms with Crippen molar-refractivity contribution in [3.05, 3.63) is 64.4 Å². The molecule has 0 radical (unpaired) electrons. The molecule has 3 heterocycles. The van der Waals surface area contributed by atoms with Crippen LogP contribution in [0.5, 0.6) is 0 Å². The third-order valence-corrected chi connectivity index (χ3v) is 4.77. The zero-order chi connectivity index (χ0) is 20.8. The second-order valence-corrected chi connectivity index (χ2v) is 7.97. The van der Waals surface area contributed by atoms with Crippen molar-refractivity contribution < 1.29 is 14.6 Å². The van der Waals surface area contributed by atoms with Crippen molar-refractivity contribution in [2.75, 3.05) is 0 Å². The largest absolute Gasteiger partial charge is 0.462 e. The van der Waals surface area contributed by atoms with E-state index in [0.717, 1.165) is 38.8 Å². The third-order valence-electron chi connectivity index (χ3n) is 4.77. The van der Waals surface area contributed by atoms with Crippen LogP contribution in [0, 0.1) is 0 Å². The molecule has 2 aliphatic heterocycles. The highest BCUT2D eigenvalue weighted by Crippen LogP contribution is 2.50. The fourth-order valence-electron chi connectivity index (χ4n) is 3.38. The molecular weight excluding hydrogens is 368 g/mol. The smallest absolute Gasteiger partial charge is 0.293 e. The summed E-state index contributed by atoms with van der Waals surface area (Å²) < 4.78 is 6.64. The number of aliphatic hydroxyl groups excluding tert-OH is 1. The Kier molecular flexibility index (Phi) is 4.51. The molecule has 2 N–H and O–H groups in total. The molecule has 0 saturated heterocycles. The summed E-state index contributed by atoms with van der Waals surface area (Å²) in [6.07, 6.45) is 0. The minimum absolute atomic E-state index is 0.0342. The third kappa shape index (κ3) is 3.43. The minimum atomic E-state index is -0.318. The average Bonchev–Trinajstić information content (AvgIpc) is 3.33. The topological polar surface area (TPSA) is 84.3 Å². The van der Waals surface area contributed by atoms with E-state index >= 15 is 0 Å². The Hall–Kier alpha value is -3.38. The number of benzene rings is 2. The van der Waals surface area contributed by atoms with Crippen LogP contribution in [0.15, 0.2) is 53.3 Å². The number of hydrogen-bond acceptors (Lipinski definition) is 4. The number of para-hydroxylation sites is 1. The highest BCUT2D eigenvalue weighted by molar-refractivity contribution is 6.11. The van der Waals surface area contributed by atoms with Gasteiger partial charge in [0, 0.05) is 10.9 Å². The number of aromatic nitrogens is 2. The van der Waals surface area contributed by atoms with Gasteiger partial charge in [-0.25, -0.2) is 0 Å². The van der Waals surface area contributed by atoms with Gasteiger partial charge in [-0.1, -0.05) is 24.3 Å². The summed E-state index contributed by atoms with van der Waals surface area (Å²) in [4.78, 5) is 24.9. The van der Waals surface area contributed by atoms with E-state index in [1.165, 1.54) is 0 Å². The van der Waals surface area contributed by atoms with Gasteiger partial charge in [-0.15, -0.1) is 0 Å². The SMILES string of the molecule is CC(C)(C)OC=O.O=c1[nH]c2ccccc2cc1-c1c2c3cc(CO)ccc3n1-2. The van der Waals surface area contributed by atoms with Crippen LogP contribution in [-0.2, 0) is 16.1 Å². The van der Waals surface area contributed by atoms with Gasteiger partial charge < -0.3 is 19.4 Å². The molecule has 6 heteroatoms. The van der Waals surface area contributed by atoms with Gasteiger partial charge >= 0.3 is 0 Å². The Morgan fingerprint density at radius 1 is 1.14 bits per heavy atom. The van der Waals surface area contributed by atoms with Crippen molar-refractivity contribution in [3.63, 3.8) is 0 Å². The molecule has 1 aromatic heterocycles. The summed E-state index contributed by atoms with van der Waals surface area (Å²) >= 11 is 0. The number of rotatable bonds is 3. The molecule has 0 unspecified atom stereocenters. The van der Waals surface area contributed by atoms with E-state index in [1.807, 2.05) is 69.3 Å². The van der Waals surface area contributed by atoms with Gasteiger partial charge in [0.25, 0.3) is 12.0 Å². The summed E-state index contributed by atoms with van der Waals surface area (Å²) in [5.74, 6) is 0. The Bertz CT molecular complexity index is 1290. The Labute approximate surface area is 167 Å². The molecular formula is C23H22N2O4. The first kappa shape index (κ1) is 19.0. The molecule has 2 aromatic carbocycles. The highest BCUT2D eigenvalue weighted by Gasteiger charge is 2.35. The van der Waals surface area contributed by atoms with Crippen LogP contribution in [0.3, 0.4) is 0 Å². The summed E-state index contributed by atoms with van der Waals surface area (Å²) in [6, 6.07) is 15.6. The van der Waals surface area contributed by atoms with Gasteiger partial charge in [-0.05, 0) is 56.0 Å². The van der Waals surface area contributed by atoms with E-state index in [4.69, 9.17) is 0 Å². The van der Waals surface area contributed by atoms with Crippen LogP contribution in [0.25, 0.3) is 38.8 Å². The second-order valence-electron chi connectivity index (χ2n) is 7.97. The van der Waals surface area contributed by atoms with Gasteiger partial charge in [-0.3, -0.25) is 9.59 Å². The minimum Gasteiger partial charge on any atom is -0.462 e. The maximum atomic E-state index is 12.4. The summed E-state index contributed by atoms with van der Waals surface area (Å²) in [7, 11) is 0. The first-order valence-corrected chi connectivity index (χ1v) is 9.36. The molecule has 0 spiro atoms. The zero-order valence-electron chi connectivity index (χ0n) is 16.5. The lowest BCUT2D eigenvalue weighted by atomic mass is 10.1. The van der Waals surface area contributed by atoms with E-state index in [1.54, 1.807) is 0 Å². The predicted octanol–water partition coefficient (Wildman–Crippen LogP) is 3.90. The maximum absolute atomic E-state index is 12.4. The average molecular weight is 390 g/mol. The Morgan fingerprint density at radius 3 is 2.55 bits per heavy atom. The first-order valence-electron chi connectivity index (χ1n) is 9.36. The molecule has 3 aromatic rings. The van der Waals surface area contributed by atoms with Crippen molar-refractivity contribution >= 4 is 28.3 Å². The molecule has 5 rings (SSSR count). The summed E-state index contributed by atoms with van der Waals surface area (Å²) in [5, 5.41) is 11.4.